The molecule has 1 aromatic heterocycles. The highest BCUT2D eigenvalue weighted by molar-refractivity contribution is 6.02. The molecule has 1 spiro atoms. The van der Waals surface area contributed by atoms with Crippen molar-refractivity contribution < 1.29 is 9.59 Å². The van der Waals surface area contributed by atoms with Crippen molar-refractivity contribution in [3.8, 4) is 0 Å². The Hall–Kier alpha value is -1.85. The fourth-order valence-corrected chi connectivity index (χ4v) is 4.25. The zero-order valence-corrected chi connectivity index (χ0v) is 14.7. The predicted octanol–water partition coefficient (Wildman–Crippen LogP) is 1.96. The molecule has 1 saturated heterocycles. The second-order valence-corrected chi connectivity index (χ2v) is 7.34. The van der Waals surface area contributed by atoms with Gasteiger partial charge in [-0.25, -0.2) is 0 Å². The minimum atomic E-state index is -0.422. The highest BCUT2D eigenvalue weighted by Gasteiger charge is 2.63. The van der Waals surface area contributed by atoms with Crippen molar-refractivity contribution in [3.63, 3.8) is 0 Å². The summed E-state index contributed by atoms with van der Waals surface area (Å²) in [6.07, 6.45) is 9.52. The SMILES string of the molecule is CC(C)N1C(=O)C2(CCCCC2)C1C(=O)NCCCn1cccn1. The van der Waals surface area contributed by atoms with Crippen LogP contribution < -0.4 is 5.32 Å². The van der Waals surface area contributed by atoms with Crippen LogP contribution in [0.4, 0.5) is 0 Å². The quantitative estimate of drug-likeness (QED) is 0.640. The second-order valence-electron chi connectivity index (χ2n) is 7.34. The molecular weight excluding hydrogens is 304 g/mol. The summed E-state index contributed by atoms with van der Waals surface area (Å²) in [4.78, 5) is 27.3. The molecule has 132 valence electrons. The van der Waals surface area contributed by atoms with E-state index in [0.717, 1.165) is 38.6 Å². The third-order valence-corrected chi connectivity index (χ3v) is 5.43. The molecule has 1 aliphatic heterocycles. The van der Waals surface area contributed by atoms with Gasteiger partial charge < -0.3 is 10.2 Å². The Morgan fingerprint density at radius 3 is 2.75 bits per heavy atom. The Kier molecular flexibility index (Phi) is 4.92. The Labute approximate surface area is 143 Å². The van der Waals surface area contributed by atoms with E-state index in [0.29, 0.717) is 6.54 Å². The first-order valence-corrected chi connectivity index (χ1v) is 9.14. The minimum Gasteiger partial charge on any atom is -0.354 e. The number of carbonyl (C=O) groups excluding carboxylic acids is 2. The lowest BCUT2D eigenvalue weighted by molar-refractivity contribution is -0.185. The molecule has 1 atom stereocenters. The summed E-state index contributed by atoms with van der Waals surface area (Å²) in [7, 11) is 0. The van der Waals surface area contributed by atoms with E-state index in [-0.39, 0.29) is 23.9 Å². The van der Waals surface area contributed by atoms with Crippen LogP contribution in [-0.2, 0) is 16.1 Å². The third kappa shape index (κ3) is 2.94. The van der Waals surface area contributed by atoms with E-state index in [4.69, 9.17) is 0 Å². The van der Waals surface area contributed by atoms with Gasteiger partial charge in [-0.05, 0) is 39.2 Å². The fourth-order valence-electron chi connectivity index (χ4n) is 4.25. The van der Waals surface area contributed by atoms with Crippen LogP contribution in [0, 0.1) is 5.41 Å². The molecule has 6 heteroatoms. The summed E-state index contributed by atoms with van der Waals surface area (Å²) in [6.45, 7) is 5.39. The van der Waals surface area contributed by atoms with Crippen LogP contribution in [0.3, 0.4) is 0 Å². The molecule has 0 radical (unpaired) electrons. The lowest BCUT2D eigenvalue weighted by atomic mass is 9.61. The first kappa shape index (κ1) is 17.0. The van der Waals surface area contributed by atoms with Crippen molar-refractivity contribution in [3.05, 3.63) is 18.5 Å². The van der Waals surface area contributed by atoms with Crippen LogP contribution in [0.2, 0.25) is 0 Å². The number of amides is 2. The van der Waals surface area contributed by atoms with Gasteiger partial charge in [-0.1, -0.05) is 19.3 Å². The normalized spacial score (nSPS) is 22.7. The molecule has 0 aromatic carbocycles. The van der Waals surface area contributed by atoms with Crippen LogP contribution in [0.5, 0.6) is 0 Å². The van der Waals surface area contributed by atoms with Crippen LogP contribution in [0.15, 0.2) is 18.5 Å². The maximum absolute atomic E-state index is 12.8. The molecule has 1 aliphatic carbocycles. The Bertz CT molecular complexity index is 576. The van der Waals surface area contributed by atoms with Gasteiger partial charge in [-0.15, -0.1) is 0 Å². The van der Waals surface area contributed by atoms with Crippen LogP contribution >= 0.6 is 0 Å². The summed E-state index contributed by atoms with van der Waals surface area (Å²) in [5.41, 5.74) is -0.422. The number of rotatable bonds is 6. The molecule has 2 amide bonds. The van der Waals surface area contributed by atoms with Crippen molar-refractivity contribution in [1.29, 1.82) is 0 Å². The first-order chi connectivity index (χ1) is 11.6. The van der Waals surface area contributed by atoms with E-state index in [1.165, 1.54) is 6.42 Å². The summed E-state index contributed by atoms with van der Waals surface area (Å²) >= 11 is 0. The van der Waals surface area contributed by atoms with Crippen molar-refractivity contribution >= 4 is 11.8 Å². The lowest BCUT2D eigenvalue weighted by Gasteiger charge is -2.58. The number of nitrogens with one attached hydrogen (secondary N) is 1. The molecule has 1 N–H and O–H groups in total. The van der Waals surface area contributed by atoms with Crippen molar-refractivity contribution in [1.82, 2.24) is 20.0 Å². The topological polar surface area (TPSA) is 67.2 Å². The number of nitrogens with zero attached hydrogens (tertiary/aromatic N) is 3. The standard InChI is InChI=1S/C18H28N4O2/c1-14(2)22-15(18(17(22)24)8-4-3-5-9-18)16(23)19-10-6-12-21-13-7-11-20-21/h7,11,13-15H,3-6,8-10,12H2,1-2H3,(H,19,23). The number of likely N-dealkylation sites (tertiary alicyclic amines) is 1. The first-order valence-electron chi connectivity index (χ1n) is 9.14. The van der Waals surface area contributed by atoms with Crippen LogP contribution in [-0.4, -0.2) is 45.1 Å². The molecule has 1 aromatic rings. The van der Waals surface area contributed by atoms with Gasteiger partial charge in [0.1, 0.15) is 6.04 Å². The molecule has 24 heavy (non-hydrogen) atoms. The second kappa shape index (κ2) is 6.95. The average Bonchev–Trinajstić information content (AvgIpc) is 3.09. The van der Waals surface area contributed by atoms with Crippen LogP contribution in [0.1, 0.15) is 52.4 Å². The van der Waals surface area contributed by atoms with Gasteiger partial charge in [0.15, 0.2) is 0 Å². The van der Waals surface area contributed by atoms with Crippen molar-refractivity contribution in [2.45, 2.75) is 71.0 Å². The zero-order valence-electron chi connectivity index (χ0n) is 14.7. The molecule has 6 nitrogen and oxygen atoms in total. The summed E-state index contributed by atoms with van der Waals surface area (Å²) in [5, 5.41) is 7.21. The van der Waals surface area contributed by atoms with Gasteiger partial charge in [0.25, 0.3) is 0 Å². The lowest BCUT2D eigenvalue weighted by Crippen LogP contribution is -2.75. The van der Waals surface area contributed by atoms with Gasteiger partial charge in [0, 0.05) is 31.5 Å². The Morgan fingerprint density at radius 1 is 1.38 bits per heavy atom. The Balaban J connectivity index is 1.58. The number of hydrogen-bond donors (Lipinski definition) is 1. The summed E-state index contributed by atoms with van der Waals surface area (Å²) in [5.74, 6) is 0.208. The van der Waals surface area contributed by atoms with Gasteiger partial charge in [0.2, 0.25) is 11.8 Å². The van der Waals surface area contributed by atoms with Gasteiger partial charge in [-0.3, -0.25) is 14.3 Å². The number of carbonyl (C=O) groups is 2. The summed E-state index contributed by atoms with van der Waals surface area (Å²) < 4.78 is 1.86. The molecule has 1 saturated carbocycles. The van der Waals surface area contributed by atoms with E-state index < -0.39 is 5.41 Å². The number of aryl methyl sites for hydroxylation is 1. The molecule has 3 rings (SSSR count). The molecule has 1 unspecified atom stereocenters. The highest BCUT2D eigenvalue weighted by Crippen LogP contribution is 2.50. The maximum Gasteiger partial charge on any atom is 0.243 e. The third-order valence-electron chi connectivity index (χ3n) is 5.43. The van der Waals surface area contributed by atoms with E-state index >= 15 is 0 Å². The van der Waals surface area contributed by atoms with Crippen molar-refractivity contribution in [2.24, 2.45) is 5.41 Å². The monoisotopic (exact) mass is 332 g/mol. The molecule has 0 bridgehead atoms. The fraction of sp³-hybridized carbons (Fsp3) is 0.722. The number of aromatic nitrogens is 2. The average molecular weight is 332 g/mol. The highest BCUT2D eigenvalue weighted by atomic mass is 16.2. The Morgan fingerprint density at radius 2 is 2.12 bits per heavy atom. The van der Waals surface area contributed by atoms with Crippen LogP contribution in [0.25, 0.3) is 0 Å². The predicted molar refractivity (Wildman–Crippen MR) is 91.1 cm³/mol. The zero-order chi connectivity index (χ0) is 17.2. The van der Waals surface area contributed by atoms with Gasteiger partial charge in [-0.2, -0.15) is 5.10 Å². The van der Waals surface area contributed by atoms with Gasteiger partial charge in [0.05, 0.1) is 5.41 Å². The van der Waals surface area contributed by atoms with E-state index in [2.05, 4.69) is 10.4 Å². The van der Waals surface area contributed by atoms with E-state index in [9.17, 15) is 9.59 Å². The molecular formula is C18H28N4O2. The minimum absolute atomic E-state index is 0.0191. The van der Waals surface area contributed by atoms with E-state index in [1.54, 1.807) is 11.1 Å². The van der Waals surface area contributed by atoms with E-state index in [1.807, 2.05) is 30.8 Å². The molecule has 2 aliphatic rings. The molecule has 2 fully saturated rings. The summed E-state index contributed by atoms with van der Waals surface area (Å²) in [6, 6.07) is 1.69. The largest absolute Gasteiger partial charge is 0.354 e. The van der Waals surface area contributed by atoms with Crippen molar-refractivity contribution in [2.75, 3.05) is 6.54 Å². The van der Waals surface area contributed by atoms with Gasteiger partial charge >= 0.3 is 0 Å². The smallest absolute Gasteiger partial charge is 0.243 e. The number of β-lactam (4-membered cyclic amide) rings is 1. The number of hydrogen-bond acceptors (Lipinski definition) is 3. The molecule has 2 heterocycles. The maximum atomic E-state index is 12.8.